The fourth-order valence-electron chi connectivity index (χ4n) is 2.81. The molecular formula is C21H15BrFN3O2. The van der Waals surface area contributed by atoms with Gasteiger partial charge in [-0.25, -0.2) is 19.0 Å². The molecule has 0 spiro atoms. The Morgan fingerprint density at radius 2 is 1.75 bits per heavy atom. The number of carboxylic acid groups (broad SMARTS) is 1. The number of carboxylic acids is 1. The number of aromatic nitrogens is 2. The fraction of sp³-hybridized carbons (Fsp3) is 0.143. The number of aromatic carboxylic acids is 1. The van der Waals surface area contributed by atoms with Crippen LogP contribution in [0.2, 0.25) is 0 Å². The average Bonchev–Trinajstić information content (AvgIpc) is 2.68. The maximum Gasteiger partial charge on any atom is 0.354 e. The summed E-state index contributed by atoms with van der Waals surface area (Å²) >= 11 is 3.18. The summed E-state index contributed by atoms with van der Waals surface area (Å²) in [4.78, 5) is 23.3. The number of nitrogens with zero attached hydrogens (tertiary/aromatic N) is 3. The summed E-state index contributed by atoms with van der Waals surface area (Å²) in [6.07, 6.45) is 0. The van der Waals surface area contributed by atoms with Crippen LogP contribution in [0.5, 0.6) is 0 Å². The van der Waals surface area contributed by atoms with Crippen LogP contribution < -0.4 is 0 Å². The van der Waals surface area contributed by atoms with Crippen LogP contribution in [0, 0.1) is 12.4 Å². The summed E-state index contributed by atoms with van der Waals surface area (Å²) in [6, 6.07) is 13.2. The highest BCUT2D eigenvalue weighted by molar-refractivity contribution is 9.10. The Kier molecular flexibility index (Phi) is 5.25. The zero-order valence-corrected chi connectivity index (χ0v) is 16.7. The first-order valence-corrected chi connectivity index (χ1v) is 9.09. The van der Waals surface area contributed by atoms with E-state index in [0.29, 0.717) is 21.6 Å². The molecular weight excluding hydrogens is 425 g/mol. The molecule has 3 aromatic rings. The first-order chi connectivity index (χ1) is 13.3. The zero-order chi connectivity index (χ0) is 20.5. The molecule has 28 heavy (non-hydrogen) atoms. The first kappa shape index (κ1) is 19.6. The van der Waals surface area contributed by atoms with Crippen molar-refractivity contribution in [2.75, 3.05) is 0 Å². The highest BCUT2D eigenvalue weighted by atomic mass is 79.9. The predicted octanol–water partition coefficient (Wildman–Crippen LogP) is 5.62. The lowest BCUT2D eigenvalue weighted by molar-refractivity contribution is 0.0690. The van der Waals surface area contributed by atoms with Gasteiger partial charge in [0.1, 0.15) is 11.5 Å². The molecule has 140 valence electrons. The average molecular weight is 440 g/mol. The number of rotatable bonds is 4. The normalized spacial score (nSPS) is 11.1. The molecule has 0 saturated heterocycles. The number of halogens is 2. The smallest absolute Gasteiger partial charge is 0.354 e. The standard InChI is InChI=1S/C21H15BrFN3O2/c1-21(2,17-9-5-7-15(26-17)20(27)28)16-8-4-6-14(25-16)12-10-11-13(22)19(24-3)18(12)23/h4-11H,1-2H3,(H,27,28). The van der Waals surface area contributed by atoms with Crippen LogP contribution in [-0.2, 0) is 5.41 Å². The Labute approximate surface area is 169 Å². The minimum Gasteiger partial charge on any atom is -0.477 e. The van der Waals surface area contributed by atoms with E-state index in [1.807, 2.05) is 13.8 Å². The van der Waals surface area contributed by atoms with Gasteiger partial charge in [0.05, 0.1) is 23.7 Å². The predicted molar refractivity (Wildman–Crippen MR) is 107 cm³/mol. The van der Waals surface area contributed by atoms with Crippen molar-refractivity contribution in [3.05, 3.63) is 87.3 Å². The van der Waals surface area contributed by atoms with Gasteiger partial charge >= 0.3 is 5.97 Å². The number of hydrogen-bond acceptors (Lipinski definition) is 3. The van der Waals surface area contributed by atoms with Crippen molar-refractivity contribution in [3.63, 3.8) is 0 Å². The number of hydrogen-bond donors (Lipinski definition) is 1. The molecule has 0 aliphatic carbocycles. The van der Waals surface area contributed by atoms with Crippen LogP contribution in [-0.4, -0.2) is 21.0 Å². The van der Waals surface area contributed by atoms with Gasteiger partial charge in [-0.2, -0.15) is 0 Å². The Morgan fingerprint density at radius 3 is 2.39 bits per heavy atom. The van der Waals surface area contributed by atoms with Crippen molar-refractivity contribution < 1.29 is 14.3 Å². The second-order valence-corrected chi connectivity index (χ2v) is 7.47. The maximum atomic E-state index is 14.8. The summed E-state index contributed by atoms with van der Waals surface area (Å²) < 4.78 is 15.1. The van der Waals surface area contributed by atoms with Crippen molar-refractivity contribution in [1.29, 1.82) is 0 Å². The van der Waals surface area contributed by atoms with Crippen LogP contribution in [0.1, 0.15) is 35.7 Å². The topological polar surface area (TPSA) is 67.4 Å². The molecule has 0 bridgehead atoms. The molecule has 2 heterocycles. The van der Waals surface area contributed by atoms with Gasteiger partial charge in [-0.05, 0) is 38.1 Å². The third-order valence-electron chi connectivity index (χ3n) is 4.45. The van der Waals surface area contributed by atoms with Crippen LogP contribution in [0.3, 0.4) is 0 Å². The molecule has 5 nitrogen and oxygen atoms in total. The molecule has 1 aromatic carbocycles. The Bertz CT molecular complexity index is 1120. The van der Waals surface area contributed by atoms with E-state index >= 15 is 0 Å². The third kappa shape index (κ3) is 3.51. The minimum atomic E-state index is -1.11. The highest BCUT2D eigenvalue weighted by Crippen LogP contribution is 2.36. The van der Waals surface area contributed by atoms with Gasteiger partial charge < -0.3 is 5.11 Å². The quantitative estimate of drug-likeness (QED) is 0.535. The molecule has 0 amide bonds. The van der Waals surface area contributed by atoms with E-state index in [2.05, 4.69) is 30.7 Å². The van der Waals surface area contributed by atoms with Gasteiger partial charge in [-0.1, -0.05) is 40.2 Å². The minimum absolute atomic E-state index is 0.0533. The van der Waals surface area contributed by atoms with E-state index in [1.165, 1.54) is 6.07 Å². The molecule has 0 fully saturated rings. The van der Waals surface area contributed by atoms with Gasteiger partial charge in [0.15, 0.2) is 0 Å². The second-order valence-electron chi connectivity index (χ2n) is 6.62. The van der Waals surface area contributed by atoms with Crippen molar-refractivity contribution in [2.45, 2.75) is 19.3 Å². The summed E-state index contributed by atoms with van der Waals surface area (Å²) in [7, 11) is 0. The summed E-state index contributed by atoms with van der Waals surface area (Å²) in [5.41, 5.74) is 0.883. The molecule has 0 saturated carbocycles. The molecule has 0 atom stereocenters. The van der Waals surface area contributed by atoms with Crippen molar-refractivity contribution >= 4 is 27.6 Å². The highest BCUT2D eigenvalue weighted by Gasteiger charge is 2.28. The van der Waals surface area contributed by atoms with Crippen LogP contribution >= 0.6 is 15.9 Å². The lowest BCUT2D eigenvalue weighted by atomic mass is 9.84. The molecule has 0 aliphatic rings. The van der Waals surface area contributed by atoms with Crippen molar-refractivity contribution in [1.82, 2.24) is 9.97 Å². The van der Waals surface area contributed by atoms with Crippen molar-refractivity contribution in [2.24, 2.45) is 0 Å². The van der Waals surface area contributed by atoms with Crippen molar-refractivity contribution in [3.8, 4) is 11.3 Å². The van der Waals surface area contributed by atoms with Gasteiger partial charge in [-0.3, -0.25) is 4.98 Å². The molecule has 3 rings (SSSR count). The summed E-state index contributed by atoms with van der Waals surface area (Å²) in [6.45, 7) is 10.9. The molecule has 7 heteroatoms. The SMILES string of the molecule is [C-]#[N+]c1c(Br)ccc(-c2cccc(C(C)(C)c3cccc(C(=O)O)n3)n2)c1F. The molecule has 2 aromatic heterocycles. The number of benzene rings is 1. The Morgan fingerprint density at radius 1 is 1.11 bits per heavy atom. The third-order valence-corrected chi connectivity index (χ3v) is 5.09. The van der Waals surface area contributed by atoms with E-state index in [-0.39, 0.29) is 16.9 Å². The largest absolute Gasteiger partial charge is 0.477 e. The van der Waals surface area contributed by atoms with E-state index in [0.717, 1.165) is 0 Å². The first-order valence-electron chi connectivity index (χ1n) is 8.30. The van der Waals surface area contributed by atoms with Crippen LogP contribution in [0.4, 0.5) is 10.1 Å². The number of pyridine rings is 2. The van der Waals surface area contributed by atoms with Gasteiger partial charge in [-0.15, -0.1) is 0 Å². The van der Waals surface area contributed by atoms with E-state index in [9.17, 15) is 14.3 Å². The fourth-order valence-corrected chi connectivity index (χ4v) is 3.20. The molecule has 1 N–H and O–H groups in total. The Hall–Kier alpha value is -3.11. The second kappa shape index (κ2) is 7.49. The molecule has 0 unspecified atom stereocenters. The maximum absolute atomic E-state index is 14.8. The molecule has 0 aliphatic heterocycles. The Balaban J connectivity index is 2.10. The van der Waals surface area contributed by atoms with Gasteiger partial charge in [0, 0.05) is 15.5 Å². The van der Waals surface area contributed by atoms with Crippen LogP contribution in [0.25, 0.3) is 16.1 Å². The van der Waals surface area contributed by atoms with E-state index < -0.39 is 17.2 Å². The number of carbonyl (C=O) groups is 1. The monoisotopic (exact) mass is 439 g/mol. The summed E-state index contributed by atoms with van der Waals surface area (Å²) in [5, 5.41) is 9.19. The summed E-state index contributed by atoms with van der Waals surface area (Å²) in [5.74, 6) is -1.75. The van der Waals surface area contributed by atoms with Crippen LogP contribution in [0.15, 0.2) is 53.0 Å². The lowest BCUT2D eigenvalue weighted by Crippen LogP contribution is -2.23. The zero-order valence-electron chi connectivity index (χ0n) is 15.1. The van der Waals surface area contributed by atoms with Gasteiger partial charge in [0.25, 0.3) is 0 Å². The lowest BCUT2D eigenvalue weighted by Gasteiger charge is -2.24. The molecule has 0 radical (unpaired) electrons. The van der Waals surface area contributed by atoms with E-state index in [1.54, 1.807) is 42.5 Å². The van der Waals surface area contributed by atoms with E-state index in [4.69, 9.17) is 6.57 Å². The van der Waals surface area contributed by atoms with Gasteiger partial charge in [0.2, 0.25) is 5.69 Å².